The Morgan fingerprint density at radius 1 is 1.18 bits per heavy atom. The molecule has 3 N–H and O–H groups in total. The van der Waals surface area contributed by atoms with E-state index in [1.165, 1.54) is 6.92 Å². The lowest BCUT2D eigenvalue weighted by Crippen LogP contribution is -2.25. The summed E-state index contributed by atoms with van der Waals surface area (Å²) in [4.78, 5) is 23.0. The second-order valence-electron chi connectivity index (χ2n) is 5.18. The highest BCUT2D eigenvalue weighted by Gasteiger charge is 2.08. The normalized spacial score (nSPS) is 10.3. The Kier molecular flexibility index (Phi) is 4.93. The Hall–Kier alpha value is -2.63. The van der Waals surface area contributed by atoms with E-state index in [1.54, 1.807) is 24.3 Å². The van der Waals surface area contributed by atoms with Crippen molar-refractivity contribution in [2.75, 3.05) is 11.9 Å². The zero-order chi connectivity index (χ0) is 16.1. The molecule has 0 bridgehead atoms. The minimum absolute atomic E-state index is 0.131. The lowest BCUT2D eigenvalue weighted by atomic mass is 10.1. The fourth-order valence-electron chi connectivity index (χ4n) is 2.25. The maximum absolute atomic E-state index is 12.1. The molecule has 2 rings (SSSR count). The molecule has 0 aliphatic rings. The molecule has 6 heteroatoms. The maximum Gasteiger partial charge on any atom is 0.251 e. The van der Waals surface area contributed by atoms with E-state index in [0.29, 0.717) is 17.8 Å². The monoisotopic (exact) mass is 300 g/mol. The molecule has 0 unspecified atom stereocenters. The smallest absolute Gasteiger partial charge is 0.251 e. The summed E-state index contributed by atoms with van der Waals surface area (Å²) in [6.07, 6.45) is 0.740. The van der Waals surface area contributed by atoms with Gasteiger partial charge in [-0.25, -0.2) is 0 Å². The number of hydrogen-bond donors (Lipinski definition) is 3. The quantitative estimate of drug-likeness (QED) is 0.789. The van der Waals surface area contributed by atoms with Gasteiger partial charge in [-0.3, -0.25) is 14.7 Å². The predicted octanol–water partition coefficient (Wildman–Crippen LogP) is 1.96. The zero-order valence-corrected chi connectivity index (χ0v) is 13.0. The van der Waals surface area contributed by atoms with Crippen LogP contribution in [0.4, 0.5) is 5.69 Å². The molecule has 1 aromatic carbocycles. The third-order valence-electron chi connectivity index (χ3n) is 3.41. The number of rotatable bonds is 5. The van der Waals surface area contributed by atoms with Crippen molar-refractivity contribution in [3.05, 3.63) is 46.8 Å². The molecule has 116 valence electrons. The Bertz CT molecular complexity index is 654. The van der Waals surface area contributed by atoms with E-state index in [0.717, 1.165) is 23.4 Å². The van der Waals surface area contributed by atoms with Gasteiger partial charge in [0, 0.05) is 30.4 Å². The first-order valence-corrected chi connectivity index (χ1v) is 7.13. The van der Waals surface area contributed by atoms with Gasteiger partial charge in [-0.05, 0) is 50.1 Å². The largest absolute Gasteiger partial charge is 0.352 e. The first-order chi connectivity index (χ1) is 10.5. The van der Waals surface area contributed by atoms with Crippen LogP contribution < -0.4 is 10.6 Å². The van der Waals surface area contributed by atoms with Crippen LogP contribution in [0.1, 0.15) is 34.2 Å². The van der Waals surface area contributed by atoms with Crippen LogP contribution in [0.5, 0.6) is 0 Å². The molecule has 0 radical (unpaired) electrons. The SMILES string of the molecule is CC(=O)Nc1ccc(C(=O)NCCc2c(C)n[nH]c2C)cc1. The van der Waals surface area contributed by atoms with Crippen molar-refractivity contribution in [3.63, 3.8) is 0 Å². The van der Waals surface area contributed by atoms with E-state index < -0.39 is 0 Å². The predicted molar refractivity (Wildman–Crippen MR) is 84.8 cm³/mol. The summed E-state index contributed by atoms with van der Waals surface area (Å²) < 4.78 is 0. The number of nitrogens with zero attached hydrogens (tertiary/aromatic N) is 1. The minimum atomic E-state index is -0.136. The van der Waals surface area contributed by atoms with Crippen molar-refractivity contribution in [3.8, 4) is 0 Å². The van der Waals surface area contributed by atoms with Crippen LogP contribution in [-0.2, 0) is 11.2 Å². The number of H-pyrrole nitrogens is 1. The fraction of sp³-hybridized carbons (Fsp3) is 0.312. The van der Waals surface area contributed by atoms with Crippen molar-refractivity contribution in [2.24, 2.45) is 0 Å². The van der Waals surface area contributed by atoms with Crippen molar-refractivity contribution in [1.82, 2.24) is 15.5 Å². The van der Waals surface area contributed by atoms with Crippen LogP contribution in [0.15, 0.2) is 24.3 Å². The molecule has 0 aliphatic heterocycles. The highest BCUT2D eigenvalue weighted by Crippen LogP contribution is 2.11. The van der Waals surface area contributed by atoms with Gasteiger partial charge < -0.3 is 10.6 Å². The molecule has 0 saturated carbocycles. The molecule has 6 nitrogen and oxygen atoms in total. The second-order valence-corrected chi connectivity index (χ2v) is 5.18. The number of carbonyl (C=O) groups excluding carboxylic acids is 2. The molecule has 2 amide bonds. The van der Waals surface area contributed by atoms with Gasteiger partial charge in [-0.15, -0.1) is 0 Å². The van der Waals surface area contributed by atoms with E-state index in [4.69, 9.17) is 0 Å². The summed E-state index contributed by atoms with van der Waals surface area (Å²) in [5.41, 5.74) is 4.38. The van der Waals surface area contributed by atoms with Crippen LogP contribution in [0.3, 0.4) is 0 Å². The molecular weight excluding hydrogens is 280 g/mol. The van der Waals surface area contributed by atoms with Crippen LogP contribution >= 0.6 is 0 Å². The van der Waals surface area contributed by atoms with Gasteiger partial charge in [-0.1, -0.05) is 0 Å². The summed E-state index contributed by atoms with van der Waals surface area (Å²) >= 11 is 0. The maximum atomic E-state index is 12.1. The molecule has 0 aliphatic carbocycles. The van der Waals surface area contributed by atoms with Crippen molar-refractivity contribution in [1.29, 1.82) is 0 Å². The topological polar surface area (TPSA) is 86.9 Å². The van der Waals surface area contributed by atoms with E-state index in [1.807, 2.05) is 13.8 Å². The number of hydrogen-bond acceptors (Lipinski definition) is 3. The highest BCUT2D eigenvalue weighted by molar-refractivity contribution is 5.95. The molecule has 22 heavy (non-hydrogen) atoms. The molecule has 2 aromatic rings. The molecule has 0 fully saturated rings. The van der Waals surface area contributed by atoms with Crippen molar-refractivity contribution >= 4 is 17.5 Å². The van der Waals surface area contributed by atoms with Crippen molar-refractivity contribution in [2.45, 2.75) is 27.2 Å². The number of aromatic nitrogens is 2. The Morgan fingerprint density at radius 2 is 1.86 bits per heavy atom. The van der Waals surface area contributed by atoms with E-state index in [9.17, 15) is 9.59 Å². The molecule has 1 heterocycles. The number of aromatic amines is 1. The third kappa shape index (κ3) is 3.94. The Morgan fingerprint density at radius 3 is 2.41 bits per heavy atom. The minimum Gasteiger partial charge on any atom is -0.352 e. The molecule has 1 aromatic heterocycles. The standard InChI is InChI=1S/C16H20N4O2/c1-10-15(11(2)20-19-10)8-9-17-16(22)13-4-6-14(7-5-13)18-12(3)21/h4-7H,8-9H2,1-3H3,(H,17,22)(H,18,21)(H,19,20). The number of nitrogens with one attached hydrogen (secondary N) is 3. The van der Waals surface area contributed by atoms with Crippen molar-refractivity contribution < 1.29 is 9.59 Å². The number of benzene rings is 1. The second kappa shape index (κ2) is 6.89. The van der Waals surface area contributed by atoms with E-state index in [2.05, 4.69) is 20.8 Å². The van der Waals surface area contributed by atoms with Crippen LogP contribution in [0.25, 0.3) is 0 Å². The lowest BCUT2D eigenvalue weighted by Gasteiger charge is -2.07. The number of aryl methyl sites for hydroxylation is 2. The highest BCUT2D eigenvalue weighted by atomic mass is 16.2. The summed E-state index contributed by atoms with van der Waals surface area (Å²) in [5, 5.41) is 12.6. The van der Waals surface area contributed by atoms with Crippen LogP contribution in [0.2, 0.25) is 0 Å². The van der Waals surface area contributed by atoms with Gasteiger partial charge in [0.25, 0.3) is 5.91 Å². The third-order valence-corrected chi connectivity index (χ3v) is 3.41. The molecule has 0 spiro atoms. The van der Waals surface area contributed by atoms with Crippen LogP contribution in [0, 0.1) is 13.8 Å². The van der Waals surface area contributed by atoms with Gasteiger partial charge in [0.2, 0.25) is 5.91 Å². The zero-order valence-electron chi connectivity index (χ0n) is 13.0. The summed E-state index contributed by atoms with van der Waals surface area (Å²) in [6.45, 7) is 5.91. The van der Waals surface area contributed by atoms with Gasteiger partial charge in [0.05, 0.1) is 5.69 Å². The van der Waals surface area contributed by atoms with Gasteiger partial charge in [0.15, 0.2) is 0 Å². The van der Waals surface area contributed by atoms with Gasteiger partial charge in [0.1, 0.15) is 0 Å². The Balaban J connectivity index is 1.88. The number of anilines is 1. The molecule has 0 saturated heterocycles. The fourth-order valence-corrected chi connectivity index (χ4v) is 2.25. The average Bonchev–Trinajstić information content (AvgIpc) is 2.79. The van der Waals surface area contributed by atoms with Crippen LogP contribution in [-0.4, -0.2) is 28.6 Å². The Labute approximate surface area is 129 Å². The molecular formula is C16H20N4O2. The van der Waals surface area contributed by atoms with E-state index >= 15 is 0 Å². The summed E-state index contributed by atoms with van der Waals surface area (Å²) in [7, 11) is 0. The van der Waals surface area contributed by atoms with E-state index in [-0.39, 0.29) is 11.8 Å². The first kappa shape index (κ1) is 15.8. The van der Waals surface area contributed by atoms with Gasteiger partial charge in [-0.2, -0.15) is 5.10 Å². The van der Waals surface area contributed by atoms with Gasteiger partial charge >= 0.3 is 0 Å². The summed E-state index contributed by atoms with van der Waals surface area (Å²) in [5.74, 6) is -0.267. The number of carbonyl (C=O) groups is 2. The number of amides is 2. The average molecular weight is 300 g/mol. The summed E-state index contributed by atoms with van der Waals surface area (Å²) in [6, 6.07) is 6.80. The molecule has 0 atom stereocenters. The lowest BCUT2D eigenvalue weighted by molar-refractivity contribution is -0.114. The first-order valence-electron chi connectivity index (χ1n) is 7.13.